The number of benzene rings is 1. The number of carbonyl (C=O) groups is 1. The predicted octanol–water partition coefficient (Wildman–Crippen LogP) is 4.74. The molecule has 0 unspecified atom stereocenters. The molecule has 0 fully saturated rings. The molecule has 0 saturated carbocycles. The molecule has 9 heteroatoms. The summed E-state index contributed by atoms with van der Waals surface area (Å²) in [6, 6.07) is 10.0. The van der Waals surface area contributed by atoms with Gasteiger partial charge in [-0.2, -0.15) is 4.68 Å². The molecule has 0 bridgehead atoms. The Kier molecular flexibility index (Phi) is 5.34. The van der Waals surface area contributed by atoms with Crippen molar-refractivity contribution >= 4 is 45.2 Å². The first kappa shape index (κ1) is 18.1. The van der Waals surface area contributed by atoms with E-state index in [0.29, 0.717) is 26.6 Å². The molecular formula is C17H11BrClN3O4. The fraction of sp³-hybridized carbons (Fsp3) is 0.0588. The Hall–Kier alpha value is -2.71. The molecule has 0 N–H and O–H groups in total. The van der Waals surface area contributed by atoms with Gasteiger partial charge in [0.05, 0.1) is 11.3 Å². The minimum absolute atomic E-state index is 0.175. The molecule has 0 amide bonds. The number of nitro groups is 1. The number of hydrogen-bond donors (Lipinski definition) is 0. The van der Waals surface area contributed by atoms with E-state index in [4.69, 9.17) is 16.0 Å². The fourth-order valence-corrected chi connectivity index (χ4v) is 2.77. The van der Waals surface area contributed by atoms with Gasteiger partial charge in [-0.1, -0.05) is 11.6 Å². The van der Waals surface area contributed by atoms with Gasteiger partial charge < -0.3 is 14.5 Å². The highest BCUT2D eigenvalue weighted by Crippen LogP contribution is 2.23. The third-order valence-electron chi connectivity index (χ3n) is 3.40. The van der Waals surface area contributed by atoms with Crippen molar-refractivity contribution in [2.24, 2.45) is 0 Å². The largest absolute Gasteiger partial charge is 0.460 e. The average molecular weight is 437 g/mol. The van der Waals surface area contributed by atoms with Crippen LogP contribution in [-0.4, -0.2) is 20.5 Å². The SMILES string of the molecule is O=C(/C=C/c1ccc(Cn2cc(Br)c([N+](=O)[O-])n2)o1)c1ccc(Cl)cc1. The number of furan rings is 1. The highest BCUT2D eigenvalue weighted by Gasteiger charge is 2.19. The molecule has 0 aliphatic heterocycles. The van der Waals surface area contributed by atoms with E-state index in [-0.39, 0.29) is 18.1 Å². The molecule has 0 aliphatic rings. The lowest BCUT2D eigenvalue weighted by atomic mass is 10.1. The molecule has 1 aromatic carbocycles. The highest BCUT2D eigenvalue weighted by atomic mass is 79.9. The van der Waals surface area contributed by atoms with Gasteiger partial charge in [0.1, 0.15) is 22.5 Å². The lowest BCUT2D eigenvalue weighted by molar-refractivity contribution is -0.390. The number of allylic oxidation sites excluding steroid dienone is 1. The molecule has 7 nitrogen and oxygen atoms in total. The van der Waals surface area contributed by atoms with E-state index in [2.05, 4.69) is 21.0 Å². The molecular weight excluding hydrogens is 426 g/mol. The third-order valence-corrected chi connectivity index (χ3v) is 4.21. The van der Waals surface area contributed by atoms with Crippen molar-refractivity contribution in [2.45, 2.75) is 6.54 Å². The van der Waals surface area contributed by atoms with E-state index in [1.807, 2.05) is 0 Å². The summed E-state index contributed by atoms with van der Waals surface area (Å²) in [6.07, 6.45) is 4.46. The topological polar surface area (TPSA) is 91.2 Å². The second-order valence-corrected chi connectivity index (χ2v) is 6.55. The van der Waals surface area contributed by atoms with E-state index in [0.717, 1.165) is 0 Å². The predicted molar refractivity (Wildman–Crippen MR) is 99.2 cm³/mol. The van der Waals surface area contributed by atoms with E-state index >= 15 is 0 Å². The van der Waals surface area contributed by atoms with Crippen molar-refractivity contribution in [3.63, 3.8) is 0 Å². The fourth-order valence-electron chi connectivity index (χ4n) is 2.19. The Morgan fingerprint density at radius 1 is 1.31 bits per heavy atom. The van der Waals surface area contributed by atoms with Crippen LogP contribution >= 0.6 is 27.5 Å². The van der Waals surface area contributed by atoms with E-state index < -0.39 is 4.92 Å². The third kappa shape index (κ3) is 4.27. The van der Waals surface area contributed by atoms with Crippen LogP contribution in [0.4, 0.5) is 5.82 Å². The van der Waals surface area contributed by atoms with Crippen LogP contribution < -0.4 is 0 Å². The van der Waals surface area contributed by atoms with Crippen LogP contribution in [0.25, 0.3) is 6.08 Å². The van der Waals surface area contributed by atoms with Gasteiger partial charge in [-0.15, -0.1) is 0 Å². The lowest BCUT2D eigenvalue weighted by Gasteiger charge is -1.95. The number of nitrogens with zero attached hydrogens (tertiary/aromatic N) is 3. The van der Waals surface area contributed by atoms with E-state index in [9.17, 15) is 14.9 Å². The summed E-state index contributed by atoms with van der Waals surface area (Å²) in [5.41, 5.74) is 0.520. The Bertz CT molecular complexity index is 992. The van der Waals surface area contributed by atoms with Crippen molar-refractivity contribution < 1.29 is 14.1 Å². The summed E-state index contributed by atoms with van der Waals surface area (Å²) >= 11 is 8.89. The number of hydrogen-bond acceptors (Lipinski definition) is 5. The lowest BCUT2D eigenvalue weighted by Crippen LogP contribution is -2.00. The van der Waals surface area contributed by atoms with Crippen LogP contribution in [0, 0.1) is 10.1 Å². The minimum Gasteiger partial charge on any atom is -0.460 e. The zero-order chi connectivity index (χ0) is 18.7. The Morgan fingerprint density at radius 3 is 2.69 bits per heavy atom. The molecule has 0 spiro atoms. The molecule has 3 aromatic rings. The second kappa shape index (κ2) is 7.67. The molecule has 26 heavy (non-hydrogen) atoms. The average Bonchev–Trinajstić information content (AvgIpc) is 3.20. The Morgan fingerprint density at radius 2 is 2.04 bits per heavy atom. The summed E-state index contributed by atoms with van der Waals surface area (Å²) in [6.45, 7) is 0.228. The quantitative estimate of drug-likeness (QED) is 0.241. The molecule has 0 saturated heterocycles. The first-order chi connectivity index (χ1) is 12.4. The maximum absolute atomic E-state index is 12.1. The zero-order valence-corrected chi connectivity index (χ0v) is 15.5. The highest BCUT2D eigenvalue weighted by molar-refractivity contribution is 9.10. The molecule has 0 aliphatic carbocycles. The van der Waals surface area contributed by atoms with Gasteiger partial charge >= 0.3 is 5.82 Å². The maximum atomic E-state index is 12.1. The van der Waals surface area contributed by atoms with E-state index in [1.165, 1.54) is 17.0 Å². The van der Waals surface area contributed by atoms with Gasteiger partial charge in [-0.25, -0.2) is 0 Å². The maximum Gasteiger partial charge on any atom is 0.404 e. The second-order valence-electron chi connectivity index (χ2n) is 5.26. The first-order valence-electron chi connectivity index (χ1n) is 7.36. The molecule has 132 valence electrons. The Labute approximate surface area is 161 Å². The van der Waals surface area contributed by atoms with Crippen LogP contribution in [0.1, 0.15) is 21.9 Å². The van der Waals surface area contributed by atoms with Gasteiger partial charge in [0.2, 0.25) is 0 Å². The van der Waals surface area contributed by atoms with Crippen molar-refractivity contribution in [1.29, 1.82) is 0 Å². The van der Waals surface area contributed by atoms with Crippen LogP contribution in [0.2, 0.25) is 5.02 Å². The smallest absolute Gasteiger partial charge is 0.404 e. The van der Waals surface area contributed by atoms with Crippen LogP contribution in [0.5, 0.6) is 0 Å². The molecule has 0 atom stereocenters. The number of aromatic nitrogens is 2. The summed E-state index contributed by atoms with van der Waals surface area (Å²) in [5.74, 6) is 0.605. The van der Waals surface area contributed by atoms with Crippen molar-refractivity contribution in [1.82, 2.24) is 9.78 Å². The summed E-state index contributed by atoms with van der Waals surface area (Å²) < 4.78 is 7.29. The number of halogens is 2. The molecule has 2 heterocycles. The van der Waals surface area contributed by atoms with Crippen molar-refractivity contribution in [2.75, 3.05) is 0 Å². The Balaban J connectivity index is 1.68. The number of ketones is 1. The molecule has 0 radical (unpaired) electrons. The molecule has 3 rings (SSSR count). The van der Waals surface area contributed by atoms with Gasteiger partial charge in [-0.3, -0.25) is 4.79 Å². The summed E-state index contributed by atoms with van der Waals surface area (Å²) in [4.78, 5) is 22.3. The minimum atomic E-state index is -0.570. The normalized spacial score (nSPS) is 11.2. The first-order valence-corrected chi connectivity index (χ1v) is 8.53. The van der Waals surface area contributed by atoms with Gasteiger partial charge in [0.25, 0.3) is 0 Å². The van der Waals surface area contributed by atoms with E-state index in [1.54, 1.807) is 42.5 Å². The zero-order valence-electron chi connectivity index (χ0n) is 13.1. The van der Waals surface area contributed by atoms with Crippen LogP contribution in [0.15, 0.2) is 57.6 Å². The molecule has 2 aromatic heterocycles. The summed E-state index contributed by atoms with van der Waals surface area (Å²) in [5, 5.41) is 15.2. The van der Waals surface area contributed by atoms with Crippen molar-refractivity contribution in [3.8, 4) is 0 Å². The monoisotopic (exact) mass is 435 g/mol. The number of carbonyl (C=O) groups excluding carboxylic acids is 1. The summed E-state index contributed by atoms with van der Waals surface area (Å²) in [7, 11) is 0. The van der Waals surface area contributed by atoms with Gasteiger partial charge in [0, 0.05) is 10.6 Å². The van der Waals surface area contributed by atoms with Gasteiger partial charge in [0.15, 0.2) is 5.78 Å². The number of rotatable bonds is 6. The van der Waals surface area contributed by atoms with Crippen molar-refractivity contribution in [3.05, 3.63) is 85.4 Å². The van der Waals surface area contributed by atoms with Gasteiger partial charge in [-0.05, 0) is 69.4 Å². The van der Waals surface area contributed by atoms with Crippen LogP contribution in [0.3, 0.4) is 0 Å². The standard InChI is InChI=1S/C17H11BrClN3O4/c18-15-10-21(20-17(15)22(24)25)9-14-6-5-13(26-14)7-8-16(23)11-1-3-12(19)4-2-11/h1-8,10H,9H2/b8-7+. The van der Waals surface area contributed by atoms with Crippen LogP contribution in [-0.2, 0) is 6.54 Å².